The molecule has 0 fully saturated rings. The smallest absolute Gasteiger partial charge is 0.407 e. The topological polar surface area (TPSA) is 192 Å². The predicted molar refractivity (Wildman–Crippen MR) is 156 cm³/mol. The van der Waals surface area contributed by atoms with Gasteiger partial charge in [0.1, 0.15) is 12.6 Å². The number of alkyl carbamates (subject to hydrolysis) is 1. The van der Waals surface area contributed by atoms with Crippen LogP contribution in [0.25, 0.3) is 0 Å². The van der Waals surface area contributed by atoms with Crippen molar-refractivity contribution in [3.05, 3.63) is 42.0 Å². The van der Waals surface area contributed by atoms with Gasteiger partial charge in [0.2, 0.25) is 23.6 Å². The summed E-state index contributed by atoms with van der Waals surface area (Å²) in [7, 11) is 0. The molecular weight excluding hydrogens is 560 g/mol. The van der Waals surface area contributed by atoms with Crippen LogP contribution in [-0.4, -0.2) is 78.7 Å². The van der Waals surface area contributed by atoms with Gasteiger partial charge in [-0.05, 0) is 43.4 Å². The van der Waals surface area contributed by atoms with Gasteiger partial charge in [-0.3, -0.25) is 33.7 Å². The standard InChI is InChI=1S/C29H40N6O8/c1-4-30-23(37)16-32-29(42)43-18-20-9-11-21(12-10-20)33-24(38)17-31-28(41)27(19(2)3)34-22(36)8-6-5-7-15-35-25(39)13-14-26(35)40/h9-14,19,27H,4-8,15-18H2,1-3H3,(H,30,37)(H,31,41)(H,32,42)(H,33,38)(H,34,36). The van der Waals surface area contributed by atoms with E-state index in [9.17, 15) is 33.6 Å². The minimum Gasteiger partial charge on any atom is -0.445 e. The Bertz CT molecular complexity index is 1180. The first-order valence-corrected chi connectivity index (χ1v) is 14.2. The number of carbonyl (C=O) groups is 7. The fourth-order valence-electron chi connectivity index (χ4n) is 3.94. The van der Waals surface area contributed by atoms with E-state index in [2.05, 4.69) is 26.6 Å². The van der Waals surface area contributed by atoms with Crippen LogP contribution in [0, 0.1) is 5.92 Å². The predicted octanol–water partition coefficient (Wildman–Crippen LogP) is 0.730. The number of nitrogens with zero attached hydrogens (tertiary/aromatic N) is 1. The molecule has 1 aliphatic rings. The molecular formula is C29H40N6O8. The summed E-state index contributed by atoms with van der Waals surface area (Å²) in [6.07, 6.45) is 3.64. The second-order valence-corrected chi connectivity index (χ2v) is 10.1. The highest BCUT2D eigenvalue weighted by atomic mass is 16.5. The first kappa shape index (κ1) is 34.5. The number of imide groups is 1. The van der Waals surface area contributed by atoms with Crippen molar-refractivity contribution in [2.24, 2.45) is 5.92 Å². The van der Waals surface area contributed by atoms with Gasteiger partial charge in [0, 0.05) is 37.3 Å². The number of anilines is 1. The van der Waals surface area contributed by atoms with Crippen LogP contribution in [-0.2, 0) is 40.1 Å². The summed E-state index contributed by atoms with van der Waals surface area (Å²) in [5.74, 6) is -2.49. The number of hydrogen-bond acceptors (Lipinski definition) is 8. The van der Waals surface area contributed by atoms with Gasteiger partial charge in [0.25, 0.3) is 11.8 Å². The lowest BCUT2D eigenvalue weighted by atomic mass is 10.0. The molecule has 14 heteroatoms. The quantitative estimate of drug-likeness (QED) is 0.128. The zero-order valence-corrected chi connectivity index (χ0v) is 24.7. The molecule has 43 heavy (non-hydrogen) atoms. The summed E-state index contributed by atoms with van der Waals surface area (Å²) in [6, 6.07) is 5.69. The third-order valence-corrected chi connectivity index (χ3v) is 6.25. The summed E-state index contributed by atoms with van der Waals surface area (Å²) in [4.78, 5) is 84.8. The third-order valence-electron chi connectivity index (χ3n) is 6.25. The first-order chi connectivity index (χ1) is 20.5. The number of ether oxygens (including phenoxy) is 1. The van der Waals surface area contributed by atoms with E-state index in [-0.39, 0.29) is 55.7 Å². The van der Waals surface area contributed by atoms with Gasteiger partial charge in [-0.15, -0.1) is 0 Å². The molecule has 1 atom stereocenters. The van der Waals surface area contributed by atoms with Crippen molar-refractivity contribution in [3.8, 4) is 0 Å². The highest BCUT2D eigenvalue weighted by molar-refractivity contribution is 6.12. The van der Waals surface area contributed by atoms with Crippen molar-refractivity contribution >= 4 is 47.2 Å². The van der Waals surface area contributed by atoms with Crippen LogP contribution in [0.15, 0.2) is 36.4 Å². The maximum atomic E-state index is 12.7. The van der Waals surface area contributed by atoms with Crippen molar-refractivity contribution < 1.29 is 38.3 Å². The summed E-state index contributed by atoms with van der Waals surface area (Å²) in [5.41, 5.74) is 1.12. The Kier molecular flexibility index (Phi) is 14.4. The number of likely N-dealkylation sites (N-methyl/N-ethyl adjacent to an activating group) is 1. The summed E-state index contributed by atoms with van der Waals surface area (Å²) < 4.78 is 5.05. The molecule has 1 heterocycles. The molecule has 0 bridgehead atoms. The van der Waals surface area contributed by atoms with Gasteiger partial charge in [-0.2, -0.15) is 0 Å². The fourth-order valence-corrected chi connectivity index (χ4v) is 3.94. The summed E-state index contributed by atoms with van der Waals surface area (Å²) in [6.45, 7) is 5.54. The molecule has 5 N–H and O–H groups in total. The lowest BCUT2D eigenvalue weighted by Gasteiger charge is -2.21. The van der Waals surface area contributed by atoms with Crippen molar-refractivity contribution in [1.29, 1.82) is 0 Å². The van der Waals surface area contributed by atoms with Gasteiger partial charge in [0.05, 0.1) is 13.1 Å². The van der Waals surface area contributed by atoms with Crippen LogP contribution in [0.4, 0.5) is 10.5 Å². The van der Waals surface area contributed by atoms with Crippen LogP contribution in [0.5, 0.6) is 0 Å². The van der Waals surface area contributed by atoms with Crippen molar-refractivity contribution in [1.82, 2.24) is 26.2 Å². The zero-order valence-electron chi connectivity index (χ0n) is 24.7. The molecule has 0 saturated carbocycles. The van der Waals surface area contributed by atoms with Crippen molar-refractivity contribution in [3.63, 3.8) is 0 Å². The van der Waals surface area contributed by atoms with Gasteiger partial charge in [0.15, 0.2) is 0 Å². The average molecular weight is 601 g/mol. The van der Waals surface area contributed by atoms with Gasteiger partial charge in [-0.1, -0.05) is 32.4 Å². The number of amides is 7. The van der Waals surface area contributed by atoms with Crippen molar-refractivity contribution in [2.75, 3.05) is 31.5 Å². The highest BCUT2D eigenvalue weighted by Gasteiger charge is 2.25. The maximum Gasteiger partial charge on any atom is 0.407 e. The molecule has 7 amide bonds. The van der Waals surface area contributed by atoms with Crippen LogP contribution >= 0.6 is 0 Å². The molecule has 1 aromatic carbocycles. The Hall–Kier alpha value is -4.75. The molecule has 1 unspecified atom stereocenters. The van der Waals surface area contributed by atoms with E-state index in [1.165, 1.54) is 12.2 Å². The molecule has 0 aliphatic carbocycles. The highest BCUT2D eigenvalue weighted by Crippen LogP contribution is 2.11. The molecule has 0 radical (unpaired) electrons. The van der Waals surface area contributed by atoms with E-state index in [4.69, 9.17) is 4.74 Å². The molecule has 234 valence electrons. The van der Waals surface area contributed by atoms with E-state index in [0.29, 0.717) is 43.6 Å². The second kappa shape index (κ2) is 17.9. The van der Waals surface area contributed by atoms with E-state index >= 15 is 0 Å². The van der Waals surface area contributed by atoms with Crippen LogP contribution in [0.2, 0.25) is 0 Å². The summed E-state index contributed by atoms with van der Waals surface area (Å²) in [5, 5.41) is 12.8. The zero-order chi connectivity index (χ0) is 31.8. The number of rotatable bonds is 17. The van der Waals surface area contributed by atoms with Crippen LogP contribution in [0.1, 0.15) is 52.0 Å². The average Bonchev–Trinajstić information content (AvgIpc) is 3.29. The number of nitrogens with one attached hydrogen (secondary N) is 5. The van der Waals surface area contributed by atoms with Gasteiger partial charge >= 0.3 is 6.09 Å². The van der Waals surface area contributed by atoms with E-state index < -0.39 is 23.9 Å². The molecule has 0 spiro atoms. The van der Waals surface area contributed by atoms with Crippen LogP contribution < -0.4 is 26.6 Å². The Morgan fingerprint density at radius 3 is 2.09 bits per heavy atom. The molecule has 0 aromatic heterocycles. The number of hydrogen-bond donors (Lipinski definition) is 5. The lowest BCUT2D eigenvalue weighted by Crippen LogP contribution is -2.51. The lowest BCUT2D eigenvalue weighted by molar-refractivity contribution is -0.137. The minimum absolute atomic E-state index is 0.0356. The third kappa shape index (κ3) is 12.8. The SMILES string of the molecule is CCNC(=O)CNC(=O)OCc1ccc(NC(=O)CNC(=O)C(NC(=O)CCCCCN2C(=O)C=CC2=O)C(C)C)cc1. The van der Waals surface area contributed by atoms with Gasteiger partial charge < -0.3 is 31.3 Å². The largest absolute Gasteiger partial charge is 0.445 e. The van der Waals surface area contributed by atoms with Gasteiger partial charge in [-0.25, -0.2) is 4.79 Å². The Labute approximate surface area is 250 Å². The molecule has 14 nitrogen and oxygen atoms in total. The molecule has 0 saturated heterocycles. The van der Waals surface area contributed by atoms with Crippen molar-refractivity contribution in [2.45, 2.75) is 59.1 Å². The normalized spacial score (nSPS) is 13.0. The number of unbranched alkanes of at least 4 members (excludes halogenated alkanes) is 2. The van der Waals surface area contributed by atoms with E-state index in [1.54, 1.807) is 45.0 Å². The van der Waals surface area contributed by atoms with E-state index in [0.717, 1.165) is 4.90 Å². The second-order valence-electron chi connectivity index (χ2n) is 10.1. The fraction of sp³-hybridized carbons (Fsp3) is 0.483. The Morgan fingerprint density at radius 1 is 0.814 bits per heavy atom. The summed E-state index contributed by atoms with van der Waals surface area (Å²) >= 11 is 0. The molecule has 1 aliphatic heterocycles. The minimum atomic E-state index is -0.830. The number of benzene rings is 1. The molecule has 2 rings (SSSR count). The Balaban J connectivity index is 1.67. The Morgan fingerprint density at radius 2 is 1.47 bits per heavy atom. The van der Waals surface area contributed by atoms with E-state index in [1.807, 2.05) is 0 Å². The van der Waals surface area contributed by atoms with Crippen LogP contribution in [0.3, 0.4) is 0 Å². The molecule has 1 aromatic rings. The monoisotopic (exact) mass is 600 g/mol. The number of carbonyl (C=O) groups excluding carboxylic acids is 7. The first-order valence-electron chi connectivity index (χ1n) is 14.2. The maximum absolute atomic E-state index is 12.7.